The normalized spacial score (nSPS) is 23.9. The highest BCUT2D eigenvalue weighted by Gasteiger charge is 2.47. The van der Waals surface area contributed by atoms with E-state index >= 15 is 0 Å². The van der Waals surface area contributed by atoms with Crippen LogP contribution in [0.15, 0.2) is 16.3 Å². The lowest BCUT2D eigenvalue weighted by Gasteiger charge is -2.32. The Morgan fingerprint density at radius 3 is 2.20 bits per heavy atom. The first-order valence-electron chi connectivity index (χ1n) is 6.35. The first-order chi connectivity index (χ1) is 9.27. The molecule has 0 fully saturated rings. The molecule has 2 atom stereocenters. The third-order valence-electron chi connectivity index (χ3n) is 3.38. The van der Waals surface area contributed by atoms with Crippen molar-refractivity contribution in [1.82, 2.24) is 0 Å². The first kappa shape index (κ1) is 16.6. The number of aliphatic imine (C=N–C) groups is 1. The van der Waals surface area contributed by atoms with Crippen LogP contribution in [0.3, 0.4) is 0 Å². The number of nitrogens with zero attached hydrogens (tertiary/aromatic N) is 2. The molecule has 0 radical (unpaired) electrons. The van der Waals surface area contributed by atoms with Gasteiger partial charge in [0, 0.05) is 11.8 Å². The molecule has 0 spiro atoms. The zero-order valence-electron chi connectivity index (χ0n) is 11.1. The molecule has 20 heavy (non-hydrogen) atoms. The van der Waals surface area contributed by atoms with E-state index in [2.05, 4.69) is 4.99 Å². The number of hydrogen-bond donors (Lipinski definition) is 0. The zero-order chi connectivity index (χ0) is 15.5. The Hall–Kier alpha value is -1.45. The average Bonchev–Trinajstić information content (AvgIpc) is 2.36. The molecule has 0 amide bonds. The van der Waals surface area contributed by atoms with E-state index in [1.165, 1.54) is 6.92 Å². The van der Waals surface area contributed by atoms with Crippen molar-refractivity contribution < 1.29 is 22.0 Å². The Labute approximate surface area is 114 Å². The van der Waals surface area contributed by atoms with Crippen molar-refractivity contribution >= 4 is 5.71 Å². The number of rotatable bonds is 4. The number of alkyl halides is 5. The highest BCUT2D eigenvalue weighted by atomic mass is 19.4. The van der Waals surface area contributed by atoms with Gasteiger partial charge in [-0.05, 0) is 12.8 Å². The fourth-order valence-corrected chi connectivity index (χ4v) is 2.57. The maximum Gasteiger partial charge on any atom is 0.429 e. The van der Waals surface area contributed by atoms with Crippen molar-refractivity contribution in [3.05, 3.63) is 11.3 Å². The predicted molar refractivity (Wildman–Crippen MR) is 64.3 cm³/mol. The van der Waals surface area contributed by atoms with Gasteiger partial charge in [0.25, 0.3) is 6.43 Å². The molecule has 2 unspecified atom stereocenters. The molecule has 1 aliphatic rings. The van der Waals surface area contributed by atoms with E-state index in [1.54, 1.807) is 13.0 Å². The molecule has 0 aliphatic carbocycles. The van der Waals surface area contributed by atoms with E-state index < -0.39 is 35.8 Å². The van der Waals surface area contributed by atoms with E-state index in [1.807, 2.05) is 0 Å². The number of hydrogen-bond acceptors (Lipinski definition) is 2. The summed E-state index contributed by atoms with van der Waals surface area (Å²) in [5.41, 5.74) is -2.52. The molecule has 0 aromatic heterocycles. The van der Waals surface area contributed by atoms with Gasteiger partial charge < -0.3 is 0 Å². The summed E-state index contributed by atoms with van der Waals surface area (Å²) in [7, 11) is 0. The Morgan fingerprint density at radius 1 is 1.25 bits per heavy atom. The van der Waals surface area contributed by atoms with Crippen LogP contribution in [-0.4, -0.2) is 18.3 Å². The van der Waals surface area contributed by atoms with Crippen LogP contribution >= 0.6 is 0 Å². The molecule has 1 heterocycles. The second-order valence-electron chi connectivity index (χ2n) is 4.62. The highest BCUT2D eigenvalue weighted by molar-refractivity contribution is 5.94. The molecule has 0 saturated heterocycles. The van der Waals surface area contributed by atoms with Gasteiger partial charge in [-0.15, -0.1) is 0 Å². The molecule has 2 nitrogen and oxygen atoms in total. The van der Waals surface area contributed by atoms with Gasteiger partial charge in [0.1, 0.15) is 11.4 Å². The van der Waals surface area contributed by atoms with Crippen molar-refractivity contribution in [3.63, 3.8) is 0 Å². The second-order valence-corrected chi connectivity index (χ2v) is 4.62. The van der Waals surface area contributed by atoms with Crippen LogP contribution in [0.25, 0.3) is 0 Å². The topological polar surface area (TPSA) is 36.1 Å². The van der Waals surface area contributed by atoms with Gasteiger partial charge in [0.2, 0.25) is 0 Å². The molecule has 1 rings (SSSR count). The highest BCUT2D eigenvalue weighted by Crippen LogP contribution is 2.41. The molecular formula is C13H15F5N2. The van der Waals surface area contributed by atoms with E-state index in [-0.39, 0.29) is 18.4 Å². The third-order valence-corrected chi connectivity index (χ3v) is 3.38. The van der Waals surface area contributed by atoms with Crippen LogP contribution in [0, 0.1) is 23.2 Å². The molecular weight excluding hydrogens is 279 g/mol. The summed E-state index contributed by atoms with van der Waals surface area (Å²) < 4.78 is 64.7. The lowest BCUT2D eigenvalue weighted by molar-refractivity contribution is -0.0647. The van der Waals surface area contributed by atoms with Crippen molar-refractivity contribution in [2.45, 2.75) is 45.7 Å². The predicted octanol–water partition coefficient (Wildman–Crippen LogP) is 4.49. The van der Waals surface area contributed by atoms with Crippen molar-refractivity contribution in [3.8, 4) is 6.07 Å². The zero-order valence-corrected chi connectivity index (χ0v) is 11.1. The molecule has 1 aliphatic heterocycles. The van der Waals surface area contributed by atoms with Crippen molar-refractivity contribution in [2.75, 3.05) is 0 Å². The smallest absolute Gasteiger partial charge is 0.245 e. The molecule has 112 valence electrons. The summed E-state index contributed by atoms with van der Waals surface area (Å²) in [6.07, 6.45) is -7.07. The fourth-order valence-electron chi connectivity index (χ4n) is 2.57. The Bertz CT molecular complexity index is 456. The number of halogens is 5. The fraction of sp³-hybridized carbons (Fsp3) is 0.692. The minimum atomic E-state index is -4.76. The third kappa shape index (κ3) is 3.17. The summed E-state index contributed by atoms with van der Waals surface area (Å²) in [6.45, 7) is 3.28. The summed E-state index contributed by atoms with van der Waals surface area (Å²) in [6, 6.07) is 1.63. The largest absolute Gasteiger partial charge is 0.429 e. The molecule has 0 bridgehead atoms. The quantitative estimate of drug-likeness (QED) is 0.704. The van der Waals surface area contributed by atoms with Gasteiger partial charge in [-0.3, -0.25) is 0 Å². The van der Waals surface area contributed by atoms with Crippen LogP contribution in [-0.2, 0) is 0 Å². The van der Waals surface area contributed by atoms with Crippen LogP contribution in [0.4, 0.5) is 22.0 Å². The SMILES string of the molecule is CCCC1C(C#N)=C(C(F)F)N=C(C(F)(F)F)C1CC. The van der Waals surface area contributed by atoms with Crippen LogP contribution in [0.1, 0.15) is 33.1 Å². The van der Waals surface area contributed by atoms with Gasteiger partial charge in [-0.1, -0.05) is 20.3 Å². The summed E-state index contributed by atoms with van der Waals surface area (Å²) in [5.74, 6) is -1.87. The van der Waals surface area contributed by atoms with Crippen LogP contribution in [0.5, 0.6) is 0 Å². The van der Waals surface area contributed by atoms with Crippen molar-refractivity contribution in [2.24, 2.45) is 16.8 Å². The number of nitriles is 1. The molecule has 7 heteroatoms. The van der Waals surface area contributed by atoms with Gasteiger partial charge in [-0.2, -0.15) is 18.4 Å². The molecule has 0 aromatic carbocycles. The Morgan fingerprint density at radius 2 is 1.85 bits per heavy atom. The van der Waals surface area contributed by atoms with E-state index in [4.69, 9.17) is 5.26 Å². The van der Waals surface area contributed by atoms with Crippen LogP contribution < -0.4 is 0 Å². The average molecular weight is 294 g/mol. The summed E-state index contributed by atoms with van der Waals surface area (Å²) >= 11 is 0. The molecule has 0 saturated carbocycles. The van der Waals surface area contributed by atoms with Crippen molar-refractivity contribution in [1.29, 1.82) is 5.26 Å². The van der Waals surface area contributed by atoms with E-state index in [0.29, 0.717) is 6.42 Å². The van der Waals surface area contributed by atoms with Crippen LogP contribution in [0.2, 0.25) is 0 Å². The number of allylic oxidation sites excluding steroid dienone is 2. The standard InChI is InChI=1S/C13H15F5N2/c1-3-5-8-7(4-2)11(13(16,17)18)20-10(12(14)15)9(8)6-19/h7-8,12H,3-5H2,1-2H3. The minimum absolute atomic E-state index is 0.102. The maximum absolute atomic E-state index is 13.0. The Balaban J connectivity index is 3.46. The van der Waals surface area contributed by atoms with Gasteiger partial charge >= 0.3 is 6.18 Å². The van der Waals surface area contributed by atoms with Gasteiger partial charge in [-0.25, -0.2) is 13.8 Å². The summed E-state index contributed by atoms with van der Waals surface area (Å²) in [4.78, 5) is 3.09. The first-order valence-corrected chi connectivity index (χ1v) is 6.35. The summed E-state index contributed by atoms with van der Waals surface area (Å²) in [5, 5.41) is 9.02. The lowest BCUT2D eigenvalue weighted by atomic mass is 9.76. The second kappa shape index (κ2) is 6.33. The lowest BCUT2D eigenvalue weighted by Crippen LogP contribution is -2.39. The van der Waals surface area contributed by atoms with E-state index in [9.17, 15) is 22.0 Å². The Kier molecular flexibility index (Phi) is 5.26. The molecule has 0 N–H and O–H groups in total. The minimum Gasteiger partial charge on any atom is -0.245 e. The maximum atomic E-state index is 13.0. The molecule has 0 aromatic rings. The van der Waals surface area contributed by atoms with Gasteiger partial charge in [0.05, 0.1) is 11.6 Å². The monoisotopic (exact) mass is 294 g/mol. The van der Waals surface area contributed by atoms with E-state index in [0.717, 1.165) is 0 Å². The van der Waals surface area contributed by atoms with Gasteiger partial charge in [0.15, 0.2) is 0 Å².